The Morgan fingerprint density at radius 3 is 2.78 bits per heavy atom. The van der Waals surface area contributed by atoms with Crippen LogP contribution in [0.15, 0.2) is 24.3 Å². The average molecular weight is 247 g/mol. The van der Waals surface area contributed by atoms with Gasteiger partial charge in [-0.2, -0.15) is 0 Å². The van der Waals surface area contributed by atoms with E-state index in [2.05, 4.69) is 0 Å². The molecule has 0 N–H and O–H groups in total. The summed E-state index contributed by atoms with van der Waals surface area (Å²) < 4.78 is 5.58. The van der Waals surface area contributed by atoms with Crippen molar-refractivity contribution in [3.05, 3.63) is 29.8 Å². The summed E-state index contributed by atoms with van der Waals surface area (Å²) in [7, 11) is 0. The van der Waals surface area contributed by atoms with Crippen molar-refractivity contribution >= 4 is 12.2 Å². The lowest BCUT2D eigenvalue weighted by molar-refractivity contribution is -0.136. The van der Waals surface area contributed by atoms with Crippen molar-refractivity contribution < 1.29 is 14.3 Å². The van der Waals surface area contributed by atoms with Crippen molar-refractivity contribution in [3.8, 4) is 5.75 Å². The van der Waals surface area contributed by atoms with Gasteiger partial charge in [0.25, 0.3) is 5.91 Å². The number of rotatable bonds is 4. The Hall–Kier alpha value is -1.84. The van der Waals surface area contributed by atoms with Gasteiger partial charge in [-0.05, 0) is 31.9 Å². The van der Waals surface area contributed by atoms with E-state index in [1.807, 2.05) is 4.90 Å². The summed E-state index contributed by atoms with van der Waals surface area (Å²) >= 11 is 0. The maximum Gasteiger partial charge on any atom is 0.263 e. The lowest BCUT2D eigenvalue weighted by Crippen LogP contribution is -2.38. The van der Waals surface area contributed by atoms with Gasteiger partial charge >= 0.3 is 0 Å². The highest BCUT2D eigenvalue weighted by Gasteiger charge is 2.24. The van der Waals surface area contributed by atoms with Crippen LogP contribution in [0.5, 0.6) is 5.75 Å². The third kappa shape index (κ3) is 2.88. The van der Waals surface area contributed by atoms with Crippen molar-refractivity contribution in [2.75, 3.05) is 13.1 Å². The number of hydrogen-bond donors (Lipinski definition) is 0. The molecule has 1 fully saturated rings. The van der Waals surface area contributed by atoms with Gasteiger partial charge in [-0.25, -0.2) is 0 Å². The zero-order chi connectivity index (χ0) is 13.0. The third-order valence-electron chi connectivity index (χ3n) is 3.07. The van der Waals surface area contributed by atoms with Crippen LogP contribution in [-0.2, 0) is 4.79 Å². The Balaban J connectivity index is 1.99. The average Bonchev–Trinajstić information content (AvgIpc) is 2.92. The van der Waals surface area contributed by atoms with Crippen LogP contribution in [0.3, 0.4) is 0 Å². The molecular weight excluding hydrogens is 230 g/mol. The molecule has 1 atom stereocenters. The summed E-state index contributed by atoms with van der Waals surface area (Å²) in [6.45, 7) is 3.38. The van der Waals surface area contributed by atoms with E-state index in [0.717, 1.165) is 32.2 Å². The van der Waals surface area contributed by atoms with Crippen molar-refractivity contribution in [2.45, 2.75) is 25.9 Å². The standard InChI is InChI=1S/C14H17NO3/c1-11(14(17)15-7-2-3-8-15)18-13-6-4-5-12(9-13)10-16/h4-6,9-11H,2-3,7-8H2,1H3. The Morgan fingerprint density at radius 2 is 2.11 bits per heavy atom. The first kappa shape index (κ1) is 12.6. The summed E-state index contributed by atoms with van der Waals surface area (Å²) in [4.78, 5) is 24.5. The summed E-state index contributed by atoms with van der Waals surface area (Å²) in [6.07, 6.45) is 2.39. The van der Waals surface area contributed by atoms with E-state index >= 15 is 0 Å². The van der Waals surface area contributed by atoms with Gasteiger partial charge < -0.3 is 9.64 Å². The molecule has 1 aliphatic heterocycles. The predicted molar refractivity (Wildman–Crippen MR) is 67.7 cm³/mol. The SMILES string of the molecule is CC(Oc1cccc(C=O)c1)C(=O)N1CCCC1. The van der Waals surface area contributed by atoms with Crippen LogP contribution >= 0.6 is 0 Å². The number of carbonyl (C=O) groups excluding carboxylic acids is 2. The van der Waals surface area contributed by atoms with Gasteiger partial charge in [-0.3, -0.25) is 9.59 Å². The van der Waals surface area contributed by atoms with Gasteiger partial charge in [0.05, 0.1) is 0 Å². The highest BCUT2D eigenvalue weighted by Crippen LogP contribution is 2.16. The predicted octanol–water partition coefficient (Wildman–Crippen LogP) is 1.89. The zero-order valence-corrected chi connectivity index (χ0v) is 10.5. The molecular formula is C14H17NO3. The Kier molecular flexibility index (Phi) is 3.97. The molecule has 1 aromatic carbocycles. The lowest BCUT2D eigenvalue weighted by Gasteiger charge is -2.21. The normalized spacial score (nSPS) is 16.4. The van der Waals surface area contributed by atoms with Gasteiger partial charge in [0.1, 0.15) is 12.0 Å². The summed E-state index contributed by atoms with van der Waals surface area (Å²) in [5, 5.41) is 0. The lowest BCUT2D eigenvalue weighted by atomic mass is 10.2. The van der Waals surface area contributed by atoms with Crippen LogP contribution in [-0.4, -0.2) is 36.3 Å². The van der Waals surface area contributed by atoms with E-state index in [9.17, 15) is 9.59 Å². The number of likely N-dealkylation sites (tertiary alicyclic amines) is 1. The summed E-state index contributed by atoms with van der Waals surface area (Å²) in [5.41, 5.74) is 0.549. The van der Waals surface area contributed by atoms with Crippen LogP contribution in [0.25, 0.3) is 0 Å². The van der Waals surface area contributed by atoms with Crippen LogP contribution in [0.4, 0.5) is 0 Å². The number of hydrogen-bond acceptors (Lipinski definition) is 3. The Morgan fingerprint density at radius 1 is 1.39 bits per heavy atom. The van der Waals surface area contributed by atoms with Crippen LogP contribution < -0.4 is 4.74 Å². The van der Waals surface area contributed by atoms with E-state index in [0.29, 0.717) is 11.3 Å². The topological polar surface area (TPSA) is 46.6 Å². The molecule has 0 bridgehead atoms. The van der Waals surface area contributed by atoms with Gasteiger partial charge in [-0.15, -0.1) is 0 Å². The van der Waals surface area contributed by atoms with Crippen LogP contribution in [0.2, 0.25) is 0 Å². The minimum atomic E-state index is -0.509. The van der Waals surface area contributed by atoms with Crippen molar-refractivity contribution in [3.63, 3.8) is 0 Å². The molecule has 0 radical (unpaired) electrons. The number of amides is 1. The molecule has 0 aromatic heterocycles. The minimum Gasteiger partial charge on any atom is -0.481 e. The number of benzene rings is 1. The molecule has 96 valence electrons. The second kappa shape index (κ2) is 5.67. The third-order valence-corrected chi connectivity index (χ3v) is 3.07. The molecule has 1 heterocycles. The van der Waals surface area contributed by atoms with Gasteiger partial charge in [0.15, 0.2) is 6.10 Å². The fraction of sp³-hybridized carbons (Fsp3) is 0.429. The molecule has 1 amide bonds. The fourth-order valence-electron chi connectivity index (χ4n) is 2.11. The monoisotopic (exact) mass is 247 g/mol. The smallest absolute Gasteiger partial charge is 0.263 e. The maximum absolute atomic E-state index is 12.0. The first-order valence-corrected chi connectivity index (χ1v) is 6.21. The molecule has 1 unspecified atom stereocenters. The number of carbonyl (C=O) groups is 2. The van der Waals surface area contributed by atoms with Crippen molar-refractivity contribution in [1.82, 2.24) is 4.90 Å². The van der Waals surface area contributed by atoms with E-state index in [-0.39, 0.29) is 5.91 Å². The molecule has 1 aliphatic rings. The Labute approximate surface area is 107 Å². The zero-order valence-electron chi connectivity index (χ0n) is 10.5. The largest absolute Gasteiger partial charge is 0.481 e. The summed E-state index contributed by atoms with van der Waals surface area (Å²) in [5.74, 6) is 0.573. The van der Waals surface area contributed by atoms with Gasteiger partial charge in [-0.1, -0.05) is 12.1 Å². The van der Waals surface area contributed by atoms with E-state index < -0.39 is 6.10 Å². The molecule has 4 heteroatoms. The van der Waals surface area contributed by atoms with Gasteiger partial charge in [0, 0.05) is 18.7 Å². The number of ether oxygens (including phenoxy) is 1. The molecule has 2 rings (SSSR count). The van der Waals surface area contributed by atoms with E-state index in [1.165, 1.54) is 0 Å². The van der Waals surface area contributed by atoms with Crippen molar-refractivity contribution in [1.29, 1.82) is 0 Å². The quantitative estimate of drug-likeness (QED) is 0.763. The first-order valence-electron chi connectivity index (χ1n) is 6.21. The number of aldehydes is 1. The second-order valence-corrected chi connectivity index (χ2v) is 4.48. The van der Waals surface area contributed by atoms with E-state index in [1.54, 1.807) is 31.2 Å². The molecule has 0 aliphatic carbocycles. The molecule has 0 spiro atoms. The molecule has 0 saturated carbocycles. The highest BCUT2D eigenvalue weighted by molar-refractivity contribution is 5.81. The molecule has 1 aromatic rings. The maximum atomic E-state index is 12.0. The van der Waals surface area contributed by atoms with Crippen LogP contribution in [0, 0.1) is 0 Å². The second-order valence-electron chi connectivity index (χ2n) is 4.48. The molecule has 4 nitrogen and oxygen atoms in total. The number of nitrogens with zero attached hydrogens (tertiary/aromatic N) is 1. The minimum absolute atomic E-state index is 0.0176. The van der Waals surface area contributed by atoms with Crippen molar-refractivity contribution in [2.24, 2.45) is 0 Å². The summed E-state index contributed by atoms with van der Waals surface area (Å²) in [6, 6.07) is 6.83. The first-order chi connectivity index (χ1) is 8.70. The van der Waals surface area contributed by atoms with E-state index in [4.69, 9.17) is 4.74 Å². The van der Waals surface area contributed by atoms with Crippen LogP contribution in [0.1, 0.15) is 30.1 Å². The Bertz CT molecular complexity index is 438. The van der Waals surface area contributed by atoms with Gasteiger partial charge in [0.2, 0.25) is 0 Å². The molecule has 1 saturated heterocycles. The molecule has 18 heavy (non-hydrogen) atoms. The highest BCUT2D eigenvalue weighted by atomic mass is 16.5. The fourth-order valence-corrected chi connectivity index (χ4v) is 2.11.